The molecule has 0 saturated carbocycles. The molecule has 0 aliphatic carbocycles. The molecule has 0 fully saturated rings. The van der Waals surface area contributed by atoms with Crippen LogP contribution >= 0.6 is 0 Å². The summed E-state index contributed by atoms with van der Waals surface area (Å²) >= 11 is 0. The Hall–Kier alpha value is -5.67. The van der Waals surface area contributed by atoms with Crippen LogP contribution in [-0.4, -0.2) is 15.0 Å². The summed E-state index contributed by atoms with van der Waals surface area (Å²) in [6.07, 6.45) is 0. The van der Waals surface area contributed by atoms with Crippen molar-refractivity contribution >= 4 is 0 Å². The molecule has 1 heterocycles. The zero-order valence-corrected chi connectivity index (χ0v) is 23.9. The Labute approximate surface area is 252 Å². The molecule has 7 aromatic rings. The topological polar surface area (TPSA) is 38.7 Å². The van der Waals surface area contributed by atoms with Crippen LogP contribution in [0.15, 0.2) is 158 Å². The Balaban J connectivity index is 1.42. The van der Waals surface area contributed by atoms with Crippen LogP contribution < -0.4 is 0 Å². The van der Waals surface area contributed by atoms with E-state index in [4.69, 9.17) is 15.0 Å². The molecule has 0 unspecified atom stereocenters. The van der Waals surface area contributed by atoms with Gasteiger partial charge in [0, 0.05) is 16.7 Å². The van der Waals surface area contributed by atoms with Gasteiger partial charge in [-0.05, 0) is 58.0 Å². The number of nitrogens with zero attached hydrogens (tertiary/aromatic N) is 3. The molecular weight excluding hydrogens is 522 g/mol. The monoisotopic (exact) mass is 551 g/mol. The third-order valence-electron chi connectivity index (χ3n) is 7.64. The molecule has 43 heavy (non-hydrogen) atoms. The largest absolute Gasteiger partial charge is 0.208 e. The van der Waals surface area contributed by atoms with Gasteiger partial charge >= 0.3 is 0 Å². The Morgan fingerprint density at radius 2 is 0.744 bits per heavy atom. The molecule has 0 bridgehead atoms. The van der Waals surface area contributed by atoms with E-state index in [1.54, 1.807) is 0 Å². The zero-order chi connectivity index (χ0) is 29.0. The Bertz CT molecular complexity index is 1950. The van der Waals surface area contributed by atoms with Gasteiger partial charge in [-0.2, -0.15) is 0 Å². The molecule has 0 radical (unpaired) electrons. The van der Waals surface area contributed by atoms with E-state index in [0.29, 0.717) is 17.5 Å². The second-order valence-corrected chi connectivity index (χ2v) is 10.6. The summed E-state index contributed by atoms with van der Waals surface area (Å²) in [6, 6.07) is 54.5. The lowest BCUT2D eigenvalue weighted by Crippen LogP contribution is -2.00. The van der Waals surface area contributed by atoms with Crippen molar-refractivity contribution in [2.75, 3.05) is 0 Å². The van der Waals surface area contributed by atoms with Crippen molar-refractivity contribution in [3.8, 4) is 67.5 Å². The average Bonchev–Trinajstić information content (AvgIpc) is 3.09. The minimum Gasteiger partial charge on any atom is -0.208 e. The van der Waals surface area contributed by atoms with Crippen LogP contribution in [0.2, 0.25) is 0 Å². The van der Waals surface area contributed by atoms with Gasteiger partial charge in [0.15, 0.2) is 17.5 Å². The lowest BCUT2D eigenvalue weighted by atomic mass is 9.87. The first-order chi connectivity index (χ1) is 21.2. The zero-order valence-electron chi connectivity index (χ0n) is 23.9. The van der Waals surface area contributed by atoms with E-state index in [0.717, 1.165) is 22.3 Å². The predicted molar refractivity (Wildman–Crippen MR) is 177 cm³/mol. The highest BCUT2D eigenvalue weighted by Gasteiger charge is 2.16. The summed E-state index contributed by atoms with van der Waals surface area (Å²) < 4.78 is 0. The molecule has 6 aromatic carbocycles. The molecule has 1 aromatic heterocycles. The fourth-order valence-electron chi connectivity index (χ4n) is 5.56. The molecule has 0 amide bonds. The number of aromatic nitrogens is 3. The maximum atomic E-state index is 4.98. The SMILES string of the molecule is Cc1cc(-c2ccccc2)cc(-c2cccc(-c3nc(-c4ccccc4)nc(-c4ccccc4)n3)c2)c1-c1ccccc1. The normalized spacial score (nSPS) is 10.9. The average molecular weight is 552 g/mol. The Morgan fingerprint density at radius 3 is 1.28 bits per heavy atom. The number of aryl methyl sites for hydroxylation is 1. The lowest BCUT2D eigenvalue weighted by molar-refractivity contribution is 1.07. The molecule has 0 atom stereocenters. The molecule has 3 heteroatoms. The van der Waals surface area contributed by atoms with E-state index >= 15 is 0 Å². The van der Waals surface area contributed by atoms with E-state index < -0.39 is 0 Å². The summed E-state index contributed by atoms with van der Waals surface area (Å²) in [7, 11) is 0. The van der Waals surface area contributed by atoms with Crippen LogP contribution in [0, 0.1) is 6.92 Å². The molecular formula is C40H29N3. The highest BCUT2D eigenvalue weighted by molar-refractivity contribution is 5.90. The first kappa shape index (κ1) is 26.2. The molecule has 3 nitrogen and oxygen atoms in total. The van der Waals surface area contributed by atoms with E-state index in [1.165, 1.54) is 33.4 Å². The van der Waals surface area contributed by atoms with E-state index in [1.807, 2.05) is 60.7 Å². The highest BCUT2D eigenvalue weighted by atomic mass is 15.0. The van der Waals surface area contributed by atoms with Crippen molar-refractivity contribution < 1.29 is 0 Å². The number of benzene rings is 6. The van der Waals surface area contributed by atoms with Gasteiger partial charge in [0.1, 0.15) is 0 Å². The summed E-state index contributed by atoms with van der Waals surface area (Å²) in [6.45, 7) is 2.20. The van der Waals surface area contributed by atoms with Crippen LogP contribution in [0.5, 0.6) is 0 Å². The fourth-order valence-corrected chi connectivity index (χ4v) is 5.56. The molecule has 0 aliphatic heterocycles. The quantitative estimate of drug-likeness (QED) is 0.206. The molecule has 0 N–H and O–H groups in total. The summed E-state index contributed by atoms with van der Waals surface area (Å²) in [4.78, 5) is 14.8. The maximum absolute atomic E-state index is 4.98. The van der Waals surface area contributed by atoms with Crippen LogP contribution in [-0.2, 0) is 0 Å². The standard InChI is InChI=1S/C40H29N3/c1-28-25-35(29-15-6-2-7-16-29)27-36(37(28)30-17-8-3-9-18-30)33-23-14-24-34(26-33)40-42-38(31-19-10-4-11-20-31)41-39(43-40)32-21-12-5-13-22-32/h2-27H,1H3. The van der Waals surface area contributed by atoms with E-state index in [9.17, 15) is 0 Å². The van der Waals surface area contributed by atoms with Crippen LogP contribution in [0.1, 0.15) is 5.56 Å². The van der Waals surface area contributed by atoms with Crippen molar-refractivity contribution in [2.45, 2.75) is 6.92 Å². The molecule has 0 saturated heterocycles. The van der Waals surface area contributed by atoms with Gasteiger partial charge in [0.2, 0.25) is 0 Å². The Morgan fingerprint density at radius 1 is 0.326 bits per heavy atom. The number of hydrogen-bond acceptors (Lipinski definition) is 3. The van der Waals surface area contributed by atoms with Crippen molar-refractivity contribution in [2.24, 2.45) is 0 Å². The number of rotatable bonds is 6. The number of hydrogen-bond donors (Lipinski definition) is 0. The minimum absolute atomic E-state index is 0.645. The van der Waals surface area contributed by atoms with Crippen molar-refractivity contribution in [1.29, 1.82) is 0 Å². The summed E-state index contributed by atoms with van der Waals surface area (Å²) in [5.74, 6) is 1.95. The van der Waals surface area contributed by atoms with Crippen LogP contribution in [0.25, 0.3) is 67.5 Å². The lowest BCUT2D eigenvalue weighted by Gasteiger charge is -2.17. The van der Waals surface area contributed by atoms with Gasteiger partial charge < -0.3 is 0 Å². The van der Waals surface area contributed by atoms with Crippen molar-refractivity contribution in [1.82, 2.24) is 15.0 Å². The summed E-state index contributed by atoms with van der Waals surface area (Å²) in [5, 5.41) is 0. The van der Waals surface area contributed by atoms with Gasteiger partial charge in [-0.3, -0.25) is 0 Å². The maximum Gasteiger partial charge on any atom is 0.164 e. The minimum atomic E-state index is 0.645. The van der Waals surface area contributed by atoms with Crippen LogP contribution in [0.4, 0.5) is 0 Å². The van der Waals surface area contributed by atoms with Gasteiger partial charge in [-0.1, -0.05) is 146 Å². The van der Waals surface area contributed by atoms with Gasteiger partial charge in [-0.25, -0.2) is 15.0 Å². The highest BCUT2D eigenvalue weighted by Crippen LogP contribution is 2.39. The first-order valence-electron chi connectivity index (χ1n) is 14.5. The smallest absolute Gasteiger partial charge is 0.164 e. The third-order valence-corrected chi connectivity index (χ3v) is 7.64. The van der Waals surface area contributed by atoms with E-state index in [-0.39, 0.29) is 0 Å². The van der Waals surface area contributed by atoms with Gasteiger partial charge in [0.25, 0.3) is 0 Å². The second-order valence-electron chi connectivity index (χ2n) is 10.6. The predicted octanol–water partition coefficient (Wildman–Crippen LogP) is 10.2. The summed E-state index contributed by atoms with van der Waals surface area (Å²) in [5.41, 5.74) is 11.2. The van der Waals surface area contributed by atoms with Crippen molar-refractivity contribution in [3.05, 3.63) is 163 Å². The molecule has 7 rings (SSSR count). The second kappa shape index (κ2) is 11.7. The molecule has 0 spiro atoms. The first-order valence-corrected chi connectivity index (χ1v) is 14.5. The van der Waals surface area contributed by atoms with Crippen molar-refractivity contribution in [3.63, 3.8) is 0 Å². The Kier molecular flexibility index (Phi) is 7.12. The molecule has 0 aliphatic rings. The van der Waals surface area contributed by atoms with Gasteiger partial charge in [0.05, 0.1) is 0 Å². The van der Waals surface area contributed by atoms with E-state index in [2.05, 4.69) is 104 Å². The third kappa shape index (κ3) is 5.49. The molecule has 204 valence electrons. The van der Waals surface area contributed by atoms with Crippen LogP contribution in [0.3, 0.4) is 0 Å². The fraction of sp³-hybridized carbons (Fsp3) is 0.0250. The van der Waals surface area contributed by atoms with Gasteiger partial charge in [-0.15, -0.1) is 0 Å².